The summed E-state index contributed by atoms with van der Waals surface area (Å²) < 4.78 is 15.9. The highest BCUT2D eigenvalue weighted by molar-refractivity contribution is 5.91. The second-order valence-corrected chi connectivity index (χ2v) is 6.14. The van der Waals surface area contributed by atoms with Gasteiger partial charge in [0.15, 0.2) is 6.61 Å². The van der Waals surface area contributed by atoms with Crippen LogP contribution >= 0.6 is 0 Å². The van der Waals surface area contributed by atoms with Crippen molar-refractivity contribution in [2.24, 2.45) is 0 Å². The first-order valence-electron chi connectivity index (χ1n) is 9.04. The van der Waals surface area contributed by atoms with Crippen LogP contribution in [0.1, 0.15) is 15.9 Å². The standard InChI is InChI=1S/C23H21NO5/c1-27-21-9-5-6-17(14-21)15-24-22(25)16-28-23(26)18-10-12-20(13-11-18)29-19-7-3-2-4-8-19/h2-14H,15-16H2,1H3,(H,24,25). The van der Waals surface area contributed by atoms with E-state index in [-0.39, 0.29) is 12.5 Å². The van der Waals surface area contributed by atoms with Gasteiger partial charge in [0.25, 0.3) is 5.91 Å². The number of hydrogen-bond donors (Lipinski definition) is 1. The van der Waals surface area contributed by atoms with Gasteiger partial charge in [0.05, 0.1) is 12.7 Å². The number of methoxy groups -OCH3 is 1. The van der Waals surface area contributed by atoms with E-state index >= 15 is 0 Å². The molecule has 3 aromatic carbocycles. The number of nitrogens with one attached hydrogen (secondary N) is 1. The second kappa shape index (κ2) is 9.94. The minimum absolute atomic E-state index is 0.319. The van der Waals surface area contributed by atoms with Crippen molar-refractivity contribution in [2.75, 3.05) is 13.7 Å². The third kappa shape index (κ3) is 6.10. The van der Waals surface area contributed by atoms with Crippen molar-refractivity contribution in [3.05, 3.63) is 90.0 Å². The van der Waals surface area contributed by atoms with Gasteiger partial charge >= 0.3 is 5.97 Å². The molecule has 0 bridgehead atoms. The van der Waals surface area contributed by atoms with Crippen LogP contribution in [0.5, 0.6) is 17.2 Å². The number of para-hydroxylation sites is 1. The van der Waals surface area contributed by atoms with Gasteiger partial charge in [0, 0.05) is 6.54 Å². The van der Waals surface area contributed by atoms with E-state index in [4.69, 9.17) is 14.2 Å². The molecule has 0 saturated heterocycles. The highest BCUT2D eigenvalue weighted by atomic mass is 16.5. The molecule has 0 atom stereocenters. The van der Waals surface area contributed by atoms with Crippen molar-refractivity contribution < 1.29 is 23.8 Å². The van der Waals surface area contributed by atoms with E-state index in [1.54, 1.807) is 31.4 Å². The van der Waals surface area contributed by atoms with E-state index in [1.807, 2.05) is 54.6 Å². The molecule has 29 heavy (non-hydrogen) atoms. The highest BCUT2D eigenvalue weighted by Gasteiger charge is 2.10. The molecule has 0 spiro atoms. The summed E-state index contributed by atoms with van der Waals surface area (Å²) in [7, 11) is 1.58. The molecule has 0 unspecified atom stereocenters. The Labute approximate surface area is 169 Å². The monoisotopic (exact) mass is 391 g/mol. The highest BCUT2D eigenvalue weighted by Crippen LogP contribution is 2.21. The lowest BCUT2D eigenvalue weighted by atomic mass is 10.2. The normalized spacial score (nSPS) is 10.1. The molecule has 0 radical (unpaired) electrons. The van der Waals surface area contributed by atoms with Crippen molar-refractivity contribution in [2.45, 2.75) is 6.54 Å². The predicted molar refractivity (Wildman–Crippen MR) is 108 cm³/mol. The van der Waals surface area contributed by atoms with Crippen LogP contribution in [-0.4, -0.2) is 25.6 Å². The molecule has 0 saturated carbocycles. The Balaban J connectivity index is 1.45. The Morgan fingerprint density at radius 2 is 1.52 bits per heavy atom. The van der Waals surface area contributed by atoms with Gasteiger partial charge in [0.1, 0.15) is 17.2 Å². The summed E-state index contributed by atoms with van der Waals surface area (Å²) >= 11 is 0. The lowest BCUT2D eigenvalue weighted by Gasteiger charge is -2.09. The number of amides is 1. The van der Waals surface area contributed by atoms with Crippen molar-refractivity contribution >= 4 is 11.9 Å². The van der Waals surface area contributed by atoms with Gasteiger partial charge in [-0.25, -0.2) is 4.79 Å². The molecule has 6 heteroatoms. The van der Waals surface area contributed by atoms with Gasteiger partial charge in [-0.2, -0.15) is 0 Å². The fourth-order valence-electron chi connectivity index (χ4n) is 2.53. The maximum atomic E-state index is 12.1. The Hall–Kier alpha value is -3.80. The molecular formula is C23H21NO5. The summed E-state index contributed by atoms with van der Waals surface area (Å²) in [5.41, 5.74) is 1.23. The number of ether oxygens (including phenoxy) is 3. The Morgan fingerprint density at radius 1 is 0.828 bits per heavy atom. The first-order chi connectivity index (χ1) is 14.1. The third-order valence-electron chi connectivity index (χ3n) is 4.03. The molecule has 148 valence electrons. The van der Waals surface area contributed by atoms with E-state index < -0.39 is 5.97 Å². The molecular weight excluding hydrogens is 370 g/mol. The summed E-state index contributed by atoms with van der Waals surface area (Å²) in [6, 6.07) is 23.2. The fraction of sp³-hybridized carbons (Fsp3) is 0.130. The molecule has 3 aromatic rings. The van der Waals surface area contributed by atoms with Crippen LogP contribution in [-0.2, 0) is 16.1 Å². The summed E-state index contributed by atoms with van der Waals surface area (Å²) in [4.78, 5) is 24.0. The van der Waals surface area contributed by atoms with Gasteiger partial charge in [-0.05, 0) is 54.1 Å². The van der Waals surface area contributed by atoms with Crippen molar-refractivity contribution in [1.82, 2.24) is 5.32 Å². The van der Waals surface area contributed by atoms with E-state index in [2.05, 4.69) is 5.32 Å². The molecule has 1 amide bonds. The van der Waals surface area contributed by atoms with Gasteiger partial charge in [-0.3, -0.25) is 4.79 Å². The number of esters is 1. The van der Waals surface area contributed by atoms with Crippen molar-refractivity contribution in [3.63, 3.8) is 0 Å². The zero-order valence-corrected chi connectivity index (χ0v) is 16.0. The topological polar surface area (TPSA) is 73.9 Å². The van der Waals surface area contributed by atoms with Gasteiger partial charge in [-0.1, -0.05) is 30.3 Å². The number of carbonyl (C=O) groups is 2. The molecule has 0 aliphatic rings. The smallest absolute Gasteiger partial charge is 0.338 e. The average molecular weight is 391 g/mol. The largest absolute Gasteiger partial charge is 0.497 e. The summed E-state index contributed by atoms with van der Waals surface area (Å²) in [6.45, 7) is -0.0375. The number of carbonyl (C=O) groups excluding carboxylic acids is 2. The molecule has 1 N–H and O–H groups in total. The van der Waals surface area contributed by atoms with Crippen LogP contribution in [0, 0.1) is 0 Å². The zero-order valence-electron chi connectivity index (χ0n) is 16.0. The van der Waals surface area contributed by atoms with Crippen molar-refractivity contribution in [1.29, 1.82) is 0 Å². The summed E-state index contributed by atoms with van der Waals surface area (Å²) in [6.07, 6.45) is 0. The zero-order chi connectivity index (χ0) is 20.5. The average Bonchev–Trinajstić information content (AvgIpc) is 2.77. The quantitative estimate of drug-likeness (QED) is 0.589. The van der Waals surface area contributed by atoms with Gasteiger partial charge < -0.3 is 19.5 Å². The van der Waals surface area contributed by atoms with Crippen LogP contribution < -0.4 is 14.8 Å². The second-order valence-electron chi connectivity index (χ2n) is 6.14. The van der Waals surface area contributed by atoms with Crippen LogP contribution in [0.2, 0.25) is 0 Å². The minimum atomic E-state index is -0.576. The maximum absolute atomic E-state index is 12.1. The first kappa shape index (κ1) is 19.9. The van der Waals surface area contributed by atoms with Crippen LogP contribution in [0.25, 0.3) is 0 Å². The Morgan fingerprint density at radius 3 is 2.24 bits per heavy atom. The Bertz CT molecular complexity index is 955. The van der Waals surface area contributed by atoms with Crippen LogP contribution in [0.3, 0.4) is 0 Å². The lowest BCUT2D eigenvalue weighted by Crippen LogP contribution is -2.28. The van der Waals surface area contributed by atoms with E-state index in [9.17, 15) is 9.59 Å². The molecule has 6 nitrogen and oxygen atoms in total. The molecule has 0 aliphatic carbocycles. The van der Waals surface area contributed by atoms with E-state index in [1.165, 1.54) is 0 Å². The first-order valence-corrected chi connectivity index (χ1v) is 9.04. The lowest BCUT2D eigenvalue weighted by molar-refractivity contribution is -0.124. The van der Waals surface area contributed by atoms with Crippen LogP contribution in [0.4, 0.5) is 0 Å². The summed E-state index contributed by atoms with van der Waals surface area (Å²) in [5, 5.41) is 2.70. The minimum Gasteiger partial charge on any atom is -0.497 e. The van der Waals surface area contributed by atoms with E-state index in [0.717, 1.165) is 5.56 Å². The SMILES string of the molecule is COc1cccc(CNC(=O)COC(=O)c2ccc(Oc3ccccc3)cc2)c1. The van der Waals surface area contributed by atoms with Crippen molar-refractivity contribution in [3.8, 4) is 17.2 Å². The number of benzene rings is 3. The van der Waals surface area contributed by atoms with Gasteiger partial charge in [-0.15, -0.1) is 0 Å². The molecule has 0 aromatic heterocycles. The fourth-order valence-corrected chi connectivity index (χ4v) is 2.53. The number of hydrogen-bond acceptors (Lipinski definition) is 5. The summed E-state index contributed by atoms with van der Waals surface area (Å²) in [5.74, 6) is 1.06. The number of rotatable bonds is 8. The molecule has 0 aliphatic heterocycles. The van der Waals surface area contributed by atoms with Gasteiger partial charge in [0.2, 0.25) is 0 Å². The Kier molecular flexibility index (Phi) is 6.84. The van der Waals surface area contributed by atoms with E-state index in [0.29, 0.717) is 29.4 Å². The molecule has 0 heterocycles. The molecule has 3 rings (SSSR count). The molecule has 0 fully saturated rings. The predicted octanol–water partition coefficient (Wildman–Crippen LogP) is 3.96. The maximum Gasteiger partial charge on any atom is 0.338 e. The third-order valence-corrected chi connectivity index (χ3v) is 4.03. The van der Waals surface area contributed by atoms with Crippen LogP contribution in [0.15, 0.2) is 78.9 Å².